The predicted octanol–water partition coefficient (Wildman–Crippen LogP) is 0.579. The number of aromatic nitrogens is 2. The quantitative estimate of drug-likeness (QED) is 0.450. The lowest BCUT2D eigenvalue weighted by Crippen LogP contribution is -2.23. The Hall–Kier alpha value is -1.96. The zero-order chi connectivity index (χ0) is 12.4. The minimum atomic E-state index is -0.441. The van der Waals surface area contributed by atoms with Gasteiger partial charge in [0, 0.05) is 13.1 Å². The molecule has 1 aliphatic rings. The Kier molecular flexibility index (Phi) is 3.05. The Bertz CT molecular complexity index is 443. The fourth-order valence-electron chi connectivity index (χ4n) is 1.98. The molecule has 3 N–H and O–H groups in total. The number of nitrogens with zero attached hydrogens (tertiary/aromatic N) is 4. The number of nitrogens with two attached hydrogens (primary N) is 1. The summed E-state index contributed by atoms with van der Waals surface area (Å²) < 4.78 is 0. The van der Waals surface area contributed by atoms with Crippen LogP contribution in [-0.4, -0.2) is 28.0 Å². The minimum absolute atomic E-state index is 0.0362. The molecule has 0 bridgehead atoms. The van der Waals surface area contributed by atoms with Crippen LogP contribution in [0.1, 0.15) is 18.5 Å². The minimum Gasteiger partial charge on any atom is -0.351 e. The van der Waals surface area contributed by atoms with E-state index >= 15 is 0 Å². The summed E-state index contributed by atoms with van der Waals surface area (Å²) in [5.74, 6) is 5.81. The van der Waals surface area contributed by atoms with Crippen molar-refractivity contribution in [3.8, 4) is 0 Å². The van der Waals surface area contributed by atoms with Crippen LogP contribution in [0.3, 0.4) is 0 Å². The van der Waals surface area contributed by atoms with E-state index in [2.05, 4.69) is 15.4 Å². The van der Waals surface area contributed by atoms with Crippen LogP contribution in [-0.2, 0) is 0 Å². The molecule has 8 heteroatoms. The van der Waals surface area contributed by atoms with Crippen molar-refractivity contribution in [3.05, 3.63) is 15.8 Å². The number of rotatable bonds is 3. The number of hydrazine groups is 1. The van der Waals surface area contributed by atoms with Gasteiger partial charge in [-0.2, -0.15) is 4.98 Å². The van der Waals surface area contributed by atoms with Crippen molar-refractivity contribution in [2.75, 3.05) is 23.4 Å². The lowest BCUT2D eigenvalue weighted by atomic mass is 10.3. The maximum Gasteiger partial charge on any atom is 0.332 e. The Morgan fingerprint density at radius 3 is 2.59 bits per heavy atom. The van der Waals surface area contributed by atoms with Crippen molar-refractivity contribution in [2.45, 2.75) is 19.8 Å². The molecule has 0 aromatic carbocycles. The Balaban J connectivity index is 2.51. The van der Waals surface area contributed by atoms with Crippen LogP contribution in [0.25, 0.3) is 0 Å². The number of hydrogen-bond donors (Lipinski definition) is 2. The molecule has 2 rings (SSSR count). The third-order valence-corrected chi connectivity index (χ3v) is 2.76. The monoisotopic (exact) mass is 238 g/mol. The molecule has 1 aliphatic heterocycles. The number of hydrogen-bond acceptors (Lipinski definition) is 7. The second kappa shape index (κ2) is 4.50. The van der Waals surface area contributed by atoms with Crippen molar-refractivity contribution >= 4 is 17.5 Å². The zero-order valence-corrected chi connectivity index (χ0v) is 9.51. The van der Waals surface area contributed by atoms with E-state index in [0.29, 0.717) is 11.5 Å². The average Bonchev–Trinajstić information content (AvgIpc) is 2.80. The van der Waals surface area contributed by atoms with Crippen molar-refractivity contribution < 1.29 is 4.92 Å². The summed E-state index contributed by atoms with van der Waals surface area (Å²) in [5.41, 5.74) is 2.61. The van der Waals surface area contributed by atoms with E-state index in [1.807, 2.05) is 4.90 Å². The molecular formula is C9H14N6O2. The molecule has 1 saturated heterocycles. The second-order valence-corrected chi connectivity index (χ2v) is 3.90. The summed E-state index contributed by atoms with van der Waals surface area (Å²) in [6.07, 6.45) is 2.04. The van der Waals surface area contributed by atoms with Crippen LogP contribution in [0.5, 0.6) is 0 Å². The molecule has 0 amide bonds. The van der Waals surface area contributed by atoms with E-state index in [9.17, 15) is 10.1 Å². The van der Waals surface area contributed by atoms with E-state index < -0.39 is 4.92 Å². The van der Waals surface area contributed by atoms with Crippen LogP contribution in [0.15, 0.2) is 0 Å². The number of aryl methyl sites for hydroxylation is 1. The Labute approximate surface area is 98.0 Å². The van der Waals surface area contributed by atoms with Gasteiger partial charge in [-0.1, -0.05) is 0 Å². The van der Waals surface area contributed by atoms with Gasteiger partial charge in [-0.15, -0.1) is 0 Å². The smallest absolute Gasteiger partial charge is 0.332 e. The van der Waals surface area contributed by atoms with E-state index in [0.717, 1.165) is 25.9 Å². The molecule has 0 unspecified atom stereocenters. The van der Waals surface area contributed by atoms with Gasteiger partial charge in [0.2, 0.25) is 11.8 Å². The molecule has 0 atom stereocenters. The normalized spacial score (nSPS) is 15.1. The molecule has 2 heterocycles. The average molecular weight is 238 g/mol. The SMILES string of the molecule is Cc1nc(NN)nc(N2CCCC2)c1[N+](=O)[O-]. The third-order valence-electron chi connectivity index (χ3n) is 2.76. The van der Waals surface area contributed by atoms with Gasteiger partial charge >= 0.3 is 5.69 Å². The first-order valence-electron chi connectivity index (χ1n) is 5.38. The second-order valence-electron chi connectivity index (χ2n) is 3.90. The van der Waals surface area contributed by atoms with Crippen LogP contribution in [0.4, 0.5) is 17.5 Å². The first kappa shape index (κ1) is 11.5. The molecule has 0 aliphatic carbocycles. The summed E-state index contributed by atoms with van der Waals surface area (Å²) in [6, 6.07) is 0. The predicted molar refractivity (Wildman–Crippen MR) is 62.7 cm³/mol. The van der Waals surface area contributed by atoms with Crippen LogP contribution < -0.4 is 16.2 Å². The van der Waals surface area contributed by atoms with E-state index in [1.54, 1.807) is 6.92 Å². The molecular weight excluding hydrogens is 224 g/mol. The van der Waals surface area contributed by atoms with Crippen LogP contribution >= 0.6 is 0 Å². The fourth-order valence-corrected chi connectivity index (χ4v) is 1.98. The van der Waals surface area contributed by atoms with Gasteiger partial charge in [-0.3, -0.25) is 15.5 Å². The summed E-state index contributed by atoms with van der Waals surface area (Å²) in [7, 11) is 0. The number of anilines is 2. The molecule has 0 radical (unpaired) electrons. The number of nitrogens with one attached hydrogen (secondary N) is 1. The maximum absolute atomic E-state index is 11.0. The summed E-state index contributed by atoms with van der Waals surface area (Å²) in [4.78, 5) is 20.5. The lowest BCUT2D eigenvalue weighted by molar-refractivity contribution is -0.385. The van der Waals surface area contributed by atoms with E-state index in [-0.39, 0.29) is 11.6 Å². The van der Waals surface area contributed by atoms with Gasteiger partial charge in [0.1, 0.15) is 5.69 Å². The summed E-state index contributed by atoms with van der Waals surface area (Å²) >= 11 is 0. The topological polar surface area (TPSA) is 110 Å². The molecule has 92 valence electrons. The molecule has 1 aromatic heterocycles. The van der Waals surface area contributed by atoms with Crippen molar-refractivity contribution in [2.24, 2.45) is 5.84 Å². The largest absolute Gasteiger partial charge is 0.351 e. The molecule has 0 spiro atoms. The van der Waals surface area contributed by atoms with Gasteiger partial charge in [-0.05, 0) is 19.8 Å². The molecule has 17 heavy (non-hydrogen) atoms. The summed E-state index contributed by atoms with van der Waals surface area (Å²) in [5, 5.41) is 11.0. The van der Waals surface area contributed by atoms with Crippen molar-refractivity contribution in [1.82, 2.24) is 9.97 Å². The van der Waals surface area contributed by atoms with Gasteiger partial charge in [0.05, 0.1) is 4.92 Å². The Morgan fingerprint density at radius 2 is 2.06 bits per heavy atom. The zero-order valence-electron chi connectivity index (χ0n) is 9.51. The van der Waals surface area contributed by atoms with Gasteiger partial charge < -0.3 is 4.90 Å². The van der Waals surface area contributed by atoms with Gasteiger partial charge in [-0.25, -0.2) is 10.8 Å². The van der Waals surface area contributed by atoms with Crippen molar-refractivity contribution in [3.63, 3.8) is 0 Å². The van der Waals surface area contributed by atoms with Crippen molar-refractivity contribution in [1.29, 1.82) is 0 Å². The van der Waals surface area contributed by atoms with Crippen LogP contribution in [0.2, 0.25) is 0 Å². The highest BCUT2D eigenvalue weighted by atomic mass is 16.6. The van der Waals surface area contributed by atoms with E-state index in [1.165, 1.54) is 0 Å². The highest BCUT2D eigenvalue weighted by Gasteiger charge is 2.27. The van der Waals surface area contributed by atoms with Crippen LogP contribution in [0, 0.1) is 17.0 Å². The fraction of sp³-hybridized carbons (Fsp3) is 0.556. The lowest BCUT2D eigenvalue weighted by Gasteiger charge is -2.17. The third kappa shape index (κ3) is 2.11. The first-order chi connectivity index (χ1) is 8.13. The standard InChI is InChI=1S/C9H14N6O2/c1-6-7(15(16)17)8(12-9(11-6)13-10)14-4-2-3-5-14/h2-5,10H2,1H3,(H,11,12,13). The van der Waals surface area contributed by atoms with Gasteiger partial charge in [0.15, 0.2) is 0 Å². The Morgan fingerprint density at radius 1 is 1.41 bits per heavy atom. The number of nitrogen functional groups attached to an aromatic ring is 1. The number of nitro groups is 1. The first-order valence-corrected chi connectivity index (χ1v) is 5.38. The highest BCUT2D eigenvalue weighted by molar-refractivity contribution is 5.62. The van der Waals surface area contributed by atoms with Gasteiger partial charge in [0.25, 0.3) is 0 Å². The molecule has 8 nitrogen and oxygen atoms in total. The maximum atomic E-state index is 11.0. The molecule has 1 aromatic rings. The molecule has 0 saturated carbocycles. The summed E-state index contributed by atoms with van der Waals surface area (Å²) in [6.45, 7) is 3.14. The highest BCUT2D eigenvalue weighted by Crippen LogP contribution is 2.31. The molecule has 1 fully saturated rings. The van der Waals surface area contributed by atoms with E-state index in [4.69, 9.17) is 5.84 Å².